The minimum absolute atomic E-state index is 0.604. The summed E-state index contributed by atoms with van der Waals surface area (Å²) in [6, 6.07) is 63.1. The quantitative estimate of drug-likeness (QED) is 0.175. The highest BCUT2D eigenvalue weighted by Gasteiger charge is 2.20. The van der Waals surface area contributed by atoms with Gasteiger partial charge in [-0.15, -0.1) is 11.3 Å². The molecule has 0 radical (unpaired) electrons. The second-order valence-corrected chi connectivity index (χ2v) is 15.6. The van der Waals surface area contributed by atoms with Crippen LogP contribution in [0.3, 0.4) is 0 Å². The zero-order chi connectivity index (χ0) is 38.2. The molecule has 0 aliphatic heterocycles. The lowest BCUT2D eigenvalue weighted by molar-refractivity contribution is 0.670. The van der Waals surface area contributed by atoms with Crippen molar-refractivity contribution in [3.8, 4) is 56.5 Å². The van der Waals surface area contributed by atoms with E-state index in [1.807, 2.05) is 42.5 Å². The predicted molar refractivity (Wildman–Crippen MR) is 240 cm³/mol. The molecule has 12 rings (SSSR count). The molecule has 8 aromatic carbocycles. The van der Waals surface area contributed by atoms with Crippen LogP contribution in [0.25, 0.3) is 120 Å². The van der Waals surface area contributed by atoms with Crippen LogP contribution in [0.2, 0.25) is 0 Å². The Hall–Kier alpha value is -7.54. The first-order chi connectivity index (χ1) is 28.7. The Bertz CT molecular complexity index is 3570. The molecule has 0 atom stereocenters. The molecule has 0 spiro atoms. The van der Waals surface area contributed by atoms with Gasteiger partial charge in [0.1, 0.15) is 11.2 Å². The van der Waals surface area contributed by atoms with Gasteiger partial charge in [-0.3, -0.25) is 0 Å². The number of hydrogen-bond donors (Lipinski definition) is 0. The molecule has 0 aliphatic rings. The van der Waals surface area contributed by atoms with Crippen molar-refractivity contribution < 1.29 is 4.42 Å². The minimum Gasteiger partial charge on any atom is -0.455 e. The normalized spacial score (nSPS) is 11.8. The lowest BCUT2D eigenvalue weighted by Crippen LogP contribution is -2.01. The van der Waals surface area contributed by atoms with E-state index < -0.39 is 0 Å². The van der Waals surface area contributed by atoms with Crippen LogP contribution in [0.1, 0.15) is 0 Å². The van der Waals surface area contributed by atoms with Gasteiger partial charge in [-0.05, 0) is 34.5 Å². The van der Waals surface area contributed by atoms with Crippen LogP contribution in [0.15, 0.2) is 186 Å². The number of thiophene rings is 1. The molecular formula is C52H30N4OS. The van der Waals surface area contributed by atoms with Crippen molar-refractivity contribution in [1.82, 2.24) is 19.9 Å². The summed E-state index contributed by atoms with van der Waals surface area (Å²) in [6.45, 7) is 0. The molecule has 4 aromatic heterocycles. The molecule has 270 valence electrons. The summed E-state index contributed by atoms with van der Waals surface area (Å²) >= 11 is 1.81. The maximum atomic E-state index is 6.48. The van der Waals surface area contributed by atoms with Crippen LogP contribution in [0, 0.1) is 0 Å². The molecule has 6 heteroatoms. The van der Waals surface area contributed by atoms with E-state index in [0.717, 1.165) is 82.7 Å². The van der Waals surface area contributed by atoms with Gasteiger partial charge in [0, 0.05) is 59.4 Å². The summed E-state index contributed by atoms with van der Waals surface area (Å²) in [7, 11) is 0. The van der Waals surface area contributed by atoms with E-state index in [1.165, 1.54) is 20.2 Å². The van der Waals surface area contributed by atoms with Crippen molar-refractivity contribution in [2.75, 3.05) is 0 Å². The fraction of sp³-hybridized carbons (Fsp3) is 0. The van der Waals surface area contributed by atoms with Gasteiger partial charge in [-0.1, -0.05) is 164 Å². The first-order valence-electron chi connectivity index (χ1n) is 19.3. The molecule has 0 fully saturated rings. The van der Waals surface area contributed by atoms with Crippen molar-refractivity contribution in [3.05, 3.63) is 182 Å². The van der Waals surface area contributed by atoms with Crippen molar-refractivity contribution in [3.63, 3.8) is 0 Å². The third kappa shape index (κ3) is 5.16. The number of pyridine rings is 1. The first-order valence-corrected chi connectivity index (χ1v) is 20.1. The number of furan rings is 1. The Kier molecular flexibility index (Phi) is 7.33. The standard InChI is InChI=1S/C52H30N4OS/c1-2-13-32(14-3-1)50-54-51(33-27-25-31(26-28-33)46-38-18-6-7-19-41(38)49-47(53-46)43-20-9-11-24-45(43)58-49)56-52(55-50)42-30-29-36(34-15-4-5-16-35(34)42)39-21-12-22-40-37-17-8-10-23-44(37)57-48(39)40/h1-30H. The molecule has 0 bridgehead atoms. The van der Waals surface area contributed by atoms with Gasteiger partial charge >= 0.3 is 0 Å². The van der Waals surface area contributed by atoms with Gasteiger partial charge in [0.2, 0.25) is 0 Å². The number of aromatic nitrogens is 4. The summed E-state index contributed by atoms with van der Waals surface area (Å²) in [6.07, 6.45) is 0. The zero-order valence-electron chi connectivity index (χ0n) is 30.9. The summed E-state index contributed by atoms with van der Waals surface area (Å²) in [5, 5.41) is 7.89. The van der Waals surface area contributed by atoms with Gasteiger partial charge in [0.05, 0.1) is 15.9 Å². The van der Waals surface area contributed by atoms with Gasteiger partial charge < -0.3 is 4.42 Å². The van der Waals surface area contributed by atoms with Gasteiger partial charge in [0.15, 0.2) is 17.5 Å². The predicted octanol–water partition coefficient (Wildman–Crippen LogP) is 14.2. The van der Waals surface area contributed by atoms with Crippen LogP contribution in [0.4, 0.5) is 0 Å². The molecule has 5 nitrogen and oxygen atoms in total. The Morgan fingerprint density at radius 2 is 0.914 bits per heavy atom. The fourth-order valence-electron chi connectivity index (χ4n) is 8.41. The van der Waals surface area contributed by atoms with Crippen molar-refractivity contribution >= 4 is 75.1 Å². The highest BCUT2D eigenvalue weighted by molar-refractivity contribution is 7.26. The molecule has 0 amide bonds. The summed E-state index contributed by atoms with van der Waals surface area (Å²) in [5.41, 5.74) is 9.69. The number of benzene rings is 8. The number of nitrogens with zero attached hydrogens (tertiary/aromatic N) is 4. The fourth-order valence-corrected chi connectivity index (χ4v) is 9.59. The number of para-hydroxylation sites is 2. The van der Waals surface area contributed by atoms with E-state index in [9.17, 15) is 0 Å². The average Bonchev–Trinajstić information content (AvgIpc) is 3.88. The topological polar surface area (TPSA) is 64.7 Å². The third-order valence-corrected chi connectivity index (χ3v) is 12.4. The van der Waals surface area contributed by atoms with Gasteiger partial charge in [-0.2, -0.15) is 0 Å². The Morgan fingerprint density at radius 3 is 1.71 bits per heavy atom. The van der Waals surface area contributed by atoms with Crippen LogP contribution < -0.4 is 0 Å². The smallest absolute Gasteiger partial charge is 0.164 e. The van der Waals surface area contributed by atoms with E-state index in [-0.39, 0.29) is 0 Å². The molecule has 0 saturated carbocycles. The second kappa shape index (κ2) is 13.0. The number of rotatable bonds is 5. The van der Waals surface area contributed by atoms with E-state index in [4.69, 9.17) is 24.4 Å². The number of hydrogen-bond acceptors (Lipinski definition) is 6. The molecular weight excluding hydrogens is 729 g/mol. The van der Waals surface area contributed by atoms with E-state index >= 15 is 0 Å². The van der Waals surface area contributed by atoms with Gasteiger partial charge in [-0.25, -0.2) is 19.9 Å². The van der Waals surface area contributed by atoms with Crippen molar-refractivity contribution in [2.45, 2.75) is 0 Å². The molecule has 4 heterocycles. The van der Waals surface area contributed by atoms with E-state index in [2.05, 4.69) is 140 Å². The van der Waals surface area contributed by atoms with Crippen molar-refractivity contribution in [2.24, 2.45) is 0 Å². The largest absolute Gasteiger partial charge is 0.455 e. The van der Waals surface area contributed by atoms with Crippen LogP contribution in [0.5, 0.6) is 0 Å². The lowest BCUT2D eigenvalue weighted by Gasteiger charge is -2.13. The summed E-state index contributed by atoms with van der Waals surface area (Å²) in [5.74, 6) is 1.83. The summed E-state index contributed by atoms with van der Waals surface area (Å²) < 4.78 is 8.95. The van der Waals surface area contributed by atoms with Crippen LogP contribution in [-0.2, 0) is 0 Å². The van der Waals surface area contributed by atoms with Crippen LogP contribution in [-0.4, -0.2) is 19.9 Å². The number of fused-ring (bicyclic) bond motifs is 9. The monoisotopic (exact) mass is 758 g/mol. The summed E-state index contributed by atoms with van der Waals surface area (Å²) in [4.78, 5) is 20.7. The molecule has 58 heavy (non-hydrogen) atoms. The third-order valence-electron chi connectivity index (χ3n) is 11.2. The second-order valence-electron chi connectivity index (χ2n) is 14.5. The minimum atomic E-state index is 0.604. The SMILES string of the molecule is c1ccc(-c2nc(-c3ccc(-c4nc5c6ccccc6sc5c5ccccc45)cc3)nc(-c3ccc(-c4cccc5c4oc4ccccc45)c4ccccc34)n2)cc1. The molecule has 12 aromatic rings. The Morgan fingerprint density at radius 1 is 0.345 bits per heavy atom. The highest BCUT2D eigenvalue weighted by atomic mass is 32.1. The Labute approximate surface area is 336 Å². The zero-order valence-corrected chi connectivity index (χ0v) is 31.7. The Balaban J connectivity index is 1.01. The molecule has 0 N–H and O–H groups in total. The van der Waals surface area contributed by atoms with Crippen LogP contribution >= 0.6 is 11.3 Å². The lowest BCUT2D eigenvalue weighted by atomic mass is 9.93. The van der Waals surface area contributed by atoms with E-state index in [0.29, 0.717) is 17.5 Å². The molecule has 0 unspecified atom stereocenters. The average molecular weight is 759 g/mol. The van der Waals surface area contributed by atoms with Crippen molar-refractivity contribution in [1.29, 1.82) is 0 Å². The van der Waals surface area contributed by atoms with Gasteiger partial charge in [0.25, 0.3) is 0 Å². The molecule has 0 saturated heterocycles. The van der Waals surface area contributed by atoms with E-state index in [1.54, 1.807) is 11.3 Å². The maximum Gasteiger partial charge on any atom is 0.164 e. The maximum absolute atomic E-state index is 6.48. The first kappa shape index (κ1) is 32.7. The molecule has 0 aliphatic carbocycles. The highest BCUT2D eigenvalue weighted by Crippen LogP contribution is 2.43.